The van der Waals surface area contributed by atoms with Gasteiger partial charge in [0, 0.05) is 7.05 Å². The highest BCUT2D eigenvalue weighted by Crippen LogP contribution is 2.02. The van der Waals surface area contributed by atoms with Gasteiger partial charge in [-0.05, 0) is 20.5 Å². The molecule has 0 aromatic heterocycles. The predicted octanol–water partition coefficient (Wildman–Crippen LogP) is 0.463. The summed E-state index contributed by atoms with van der Waals surface area (Å²) in [7, 11) is 5.53. The minimum absolute atomic E-state index is 0.0324. The van der Waals surface area contributed by atoms with Crippen LogP contribution < -0.4 is 5.32 Å². The summed E-state index contributed by atoms with van der Waals surface area (Å²) in [5, 5.41) is 2.65. The Kier molecular flexibility index (Phi) is 4.86. The zero-order valence-corrected chi connectivity index (χ0v) is 7.85. The lowest BCUT2D eigenvalue weighted by Crippen LogP contribution is -2.41. The fourth-order valence-corrected chi connectivity index (χ4v) is 1.06. The van der Waals surface area contributed by atoms with Crippen LogP contribution in [-0.2, 0) is 4.79 Å². The second kappa shape index (κ2) is 5.13. The quantitative estimate of drug-likeness (QED) is 0.644. The molecule has 0 unspecified atom stereocenters. The smallest absolute Gasteiger partial charge is 0.237 e. The maximum absolute atomic E-state index is 11.2. The van der Waals surface area contributed by atoms with Gasteiger partial charge in [0.05, 0.1) is 6.04 Å². The lowest BCUT2D eigenvalue weighted by molar-refractivity contribution is -0.125. The number of likely N-dealkylation sites (N-methyl/N-ethyl adjacent to an activating group) is 2. The van der Waals surface area contributed by atoms with E-state index in [-0.39, 0.29) is 11.9 Å². The first-order chi connectivity index (χ1) is 5.13. The Morgan fingerprint density at radius 3 is 2.36 bits per heavy atom. The molecule has 11 heavy (non-hydrogen) atoms. The number of nitrogens with zero attached hydrogens (tertiary/aromatic N) is 1. The van der Waals surface area contributed by atoms with Crippen LogP contribution in [0.1, 0.15) is 19.8 Å². The van der Waals surface area contributed by atoms with Gasteiger partial charge >= 0.3 is 0 Å². The Bertz CT molecular complexity index is 123. The standard InChI is InChI=1S/C8H18N2O/c1-5-6-7(10(3)4)8(11)9-2/h7H,5-6H2,1-4H3,(H,9,11)/t7-/m0/s1. The zero-order chi connectivity index (χ0) is 8.85. The van der Waals surface area contributed by atoms with E-state index in [4.69, 9.17) is 0 Å². The summed E-state index contributed by atoms with van der Waals surface area (Å²) in [5.41, 5.74) is 0. The highest BCUT2D eigenvalue weighted by atomic mass is 16.2. The topological polar surface area (TPSA) is 32.3 Å². The zero-order valence-electron chi connectivity index (χ0n) is 7.85. The molecule has 0 fully saturated rings. The van der Waals surface area contributed by atoms with Gasteiger partial charge in [0.15, 0.2) is 0 Å². The fraction of sp³-hybridized carbons (Fsp3) is 0.875. The number of rotatable bonds is 4. The lowest BCUT2D eigenvalue weighted by Gasteiger charge is -2.21. The third-order valence-electron chi connectivity index (χ3n) is 1.73. The van der Waals surface area contributed by atoms with Crippen molar-refractivity contribution in [3.8, 4) is 0 Å². The SMILES string of the molecule is CCC[C@@H](C(=O)NC)N(C)C. The first kappa shape index (κ1) is 10.4. The molecule has 0 saturated heterocycles. The highest BCUT2D eigenvalue weighted by molar-refractivity contribution is 5.81. The van der Waals surface area contributed by atoms with Crippen LogP contribution in [0.25, 0.3) is 0 Å². The van der Waals surface area contributed by atoms with Crippen molar-refractivity contribution in [2.45, 2.75) is 25.8 Å². The average molecular weight is 158 g/mol. The minimum atomic E-state index is 0.0324. The molecule has 0 rings (SSSR count). The maximum Gasteiger partial charge on any atom is 0.237 e. The van der Waals surface area contributed by atoms with E-state index in [0.29, 0.717) is 0 Å². The Balaban J connectivity index is 3.98. The minimum Gasteiger partial charge on any atom is -0.358 e. The second-order valence-corrected chi connectivity index (χ2v) is 2.88. The number of hydrogen-bond donors (Lipinski definition) is 1. The van der Waals surface area contributed by atoms with Gasteiger partial charge in [-0.3, -0.25) is 9.69 Å². The van der Waals surface area contributed by atoms with Gasteiger partial charge in [-0.1, -0.05) is 13.3 Å². The molecular weight excluding hydrogens is 140 g/mol. The van der Waals surface area contributed by atoms with Crippen molar-refractivity contribution in [3.63, 3.8) is 0 Å². The van der Waals surface area contributed by atoms with Crippen molar-refractivity contribution in [3.05, 3.63) is 0 Å². The third-order valence-corrected chi connectivity index (χ3v) is 1.73. The summed E-state index contributed by atoms with van der Waals surface area (Å²) in [5.74, 6) is 0.108. The van der Waals surface area contributed by atoms with Crippen molar-refractivity contribution in [2.75, 3.05) is 21.1 Å². The first-order valence-electron chi connectivity index (χ1n) is 4.01. The third kappa shape index (κ3) is 3.37. The van der Waals surface area contributed by atoms with Gasteiger partial charge in [0.25, 0.3) is 0 Å². The first-order valence-corrected chi connectivity index (χ1v) is 4.01. The molecule has 0 aromatic rings. The van der Waals surface area contributed by atoms with Gasteiger partial charge in [0.2, 0.25) is 5.91 Å². The van der Waals surface area contributed by atoms with Crippen LogP contribution in [0.15, 0.2) is 0 Å². The average Bonchev–Trinajstić information content (AvgIpc) is 1.98. The number of carbonyl (C=O) groups is 1. The van der Waals surface area contributed by atoms with Crippen LogP contribution in [0, 0.1) is 0 Å². The molecule has 1 atom stereocenters. The van der Waals surface area contributed by atoms with Crippen molar-refractivity contribution in [1.29, 1.82) is 0 Å². The van der Waals surface area contributed by atoms with Gasteiger partial charge < -0.3 is 5.32 Å². The molecule has 0 aromatic carbocycles. The summed E-state index contributed by atoms with van der Waals surface area (Å²) in [6, 6.07) is 0.0324. The number of amides is 1. The Morgan fingerprint density at radius 1 is 1.55 bits per heavy atom. The van der Waals surface area contributed by atoms with Crippen LogP contribution in [0.4, 0.5) is 0 Å². The van der Waals surface area contributed by atoms with E-state index in [1.54, 1.807) is 7.05 Å². The maximum atomic E-state index is 11.2. The molecule has 0 aliphatic rings. The summed E-state index contributed by atoms with van der Waals surface area (Å²) >= 11 is 0. The Hall–Kier alpha value is -0.570. The van der Waals surface area contributed by atoms with E-state index in [1.165, 1.54) is 0 Å². The number of nitrogens with one attached hydrogen (secondary N) is 1. The molecular formula is C8H18N2O. The molecule has 3 nitrogen and oxygen atoms in total. The molecule has 0 saturated carbocycles. The van der Waals surface area contributed by atoms with Gasteiger partial charge in [-0.15, -0.1) is 0 Å². The highest BCUT2D eigenvalue weighted by Gasteiger charge is 2.17. The molecule has 1 amide bonds. The monoisotopic (exact) mass is 158 g/mol. The molecule has 0 aliphatic carbocycles. The van der Waals surface area contributed by atoms with Crippen LogP contribution in [0.2, 0.25) is 0 Å². The second-order valence-electron chi connectivity index (χ2n) is 2.88. The normalized spacial score (nSPS) is 13.2. The van der Waals surface area contributed by atoms with Crippen molar-refractivity contribution < 1.29 is 4.79 Å². The van der Waals surface area contributed by atoms with E-state index in [0.717, 1.165) is 12.8 Å². The van der Waals surface area contributed by atoms with Crippen molar-refractivity contribution >= 4 is 5.91 Å². The summed E-state index contributed by atoms with van der Waals surface area (Å²) in [4.78, 5) is 13.1. The molecule has 1 N–H and O–H groups in total. The van der Waals surface area contributed by atoms with Gasteiger partial charge in [-0.2, -0.15) is 0 Å². The van der Waals surface area contributed by atoms with E-state index in [9.17, 15) is 4.79 Å². The van der Waals surface area contributed by atoms with Crippen molar-refractivity contribution in [2.24, 2.45) is 0 Å². The van der Waals surface area contributed by atoms with E-state index in [2.05, 4.69) is 12.2 Å². The molecule has 0 bridgehead atoms. The van der Waals surface area contributed by atoms with Gasteiger partial charge in [-0.25, -0.2) is 0 Å². The predicted molar refractivity (Wildman–Crippen MR) is 46.4 cm³/mol. The summed E-state index contributed by atoms with van der Waals surface area (Å²) in [6.45, 7) is 2.08. The van der Waals surface area contributed by atoms with E-state index >= 15 is 0 Å². The van der Waals surface area contributed by atoms with E-state index < -0.39 is 0 Å². The lowest BCUT2D eigenvalue weighted by atomic mass is 10.1. The van der Waals surface area contributed by atoms with Crippen molar-refractivity contribution in [1.82, 2.24) is 10.2 Å². The number of carbonyl (C=O) groups excluding carboxylic acids is 1. The summed E-state index contributed by atoms with van der Waals surface area (Å²) < 4.78 is 0. The summed E-state index contributed by atoms with van der Waals surface area (Å²) in [6.07, 6.45) is 1.96. The Labute approximate surface area is 68.8 Å². The fourth-order valence-electron chi connectivity index (χ4n) is 1.06. The van der Waals surface area contributed by atoms with Crippen LogP contribution >= 0.6 is 0 Å². The Morgan fingerprint density at radius 2 is 2.09 bits per heavy atom. The van der Waals surface area contributed by atoms with Crippen LogP contribution in [-0.4, -0.2) is 38.0 Å². The molecule has 0 radical (unpaired) electrons. The van der Waals surface area contributed by atoms with Crippen LogP contribution in [0.5, 0.6) is 0 Å². The molecule has 0 spiro atoms. The number of hydrogen-bond acceptors (Lipinski definition) is 2. The van der Waals surface area contributed by atoms with Gasteiger partial charge in [0.1, 0.15) is 0 Å². The van der Waals surface area contributed by atoms with E-state index in [1.807, 2.05) is 19.0 Å². The molecule has 0 aliphatic heterocycles. The molecule has 3 heteroatoms. The molecule has 0 heterocycles. The van der Waals surface area contributed by atoms with Crippen LogP contribution in [0.3, 0.4) is 0 Å². The largest absolute Gasteiger partial charge is 0.358 e. The molecule has 66 valence electrons.